The normalized spacial score (nSPS) is 16.7. The second-order valence-electron chi connectivity index (χ2n) is 5.04. The van der Waals surface area contributed by atoms with Crippen molar-refractivity contribution in [1.82, 2.24) is 9.91 Å². The number of hydrogen-bond donors (Lipinski definition) is 2. The maximum Gasteiger partial charge on any atom is 0.340 e. The minimum absolute atomic E-state index is 0.0786. The number of nitrogens with zero attached hydrogens (tertiary/aromatic N) is 2. The summed E-state index contributed by atoms with van der Waals surface area (Å²) < 4.78 is 18.9. The van der Waals surface area contributed by atoms with E-state index in [9.17, 15) is 9.18 Å². The Morgan fingerprint density at radius 2 is 2.05 bits per heavy atom. The molecule has 0 aliphatic carbocycles. The lowest BCUT2D eigenvalue weighted by molar-refractivity contribution is 0.0527. The molecule has 1 aliphatic heterocycles. The fourth-order valence-corrected chi connectivity index (χ4v) is 2.15. The summed E-state index contributed by atoms with van der Waals surface area (Å²) in [5, 5.41) is 1.92. The molecule has 6 nitrogen and oxygen atoms in total. The molecular weight excluding hydrogens is 275 g/mol. The van der Waals surface area contributed by atoms with Gasteiger partial charge in [-0.1, -0.05) is 0 Å². The van der Waals surface area contributed by atoms with Crippen LogP contribution in [0.25, 0.3) is 0 Å². The highest BCUT2D eigenvalue weighted by atomic mass is 19.1. The number of nitrogen functional groups attached to an aromatic ring is 1. The Labute approximate surface area is 123 Å². The van der Waals surface area contributed by atoms with Crippen molar-refractivity contribution >= 4 is 17.3 Å². The van der Waals surface area contributed by atoms with E-state index in [1.165, 1.54) is 6.07 Å². The van der Waals surface area contributed by atoms with Gasteiger partial charge in [-0.2, -0.15) is 0 Å². The number of carbonyl (C=O) groups excluding carboxylic acids is 1. The SMILES string of the molecule is CCOC(=O)c1cc(NN2CCN(C)CC2)c(F)cc1N. The number of halogens is 1. The largest absolute Gasteiger partial charge is 0.462 e. The molecule has 1 aromatic rings. The van der Waals surface area contributed by atoms with Gasteiger partial charge in [0.05, 0.1) is 17.9 Å². The number of piperazine rings is 1. The van der Waals surface area contributed by atoms with Gasteiger partial charge in [0, 0.05) is 31.9 Å². The third-order valence-electron chi connectivity index (χ3n) is 3.42. The molecule has 0 saturated carbocycles. The van der Waals surface area contributed by atoms with Gasteiger partial charge in [-0.15, -0.1) is 0 Å². The Morgan fingerprint density at radius 1 is 1.38 bits per heavy atom. The van der Waals surface area contributed by atoms with E-state index in [0.717, 1.165) is 32.2 Å². The Bertz CT molecular complexity index is 516. The lowest BCUT2D eigenvalue weighted by Crippen LogP contribution is -2.47. The quantitative estimate of drug-likeness (QED) is 0.642. The summed E-state index contributed by atoms with van der Waals surface area (Å²) in [6.45, 7) is 5.30. The van der Waals surface area contributed by atoms with Gasteiger partial charge in [-0.05, 0) is 26.1 Å². The fraction of sp³-hybridized carbons (Fsp3) is 0.500. The lowest BCUT2D eigenvalue weighted by atomic mass is 10.1. The van der Waals surface area contributed by atoms with E-state index in [2.05, 4.69) is 10.3 Å². The van der Waals surface area contributed by atoms with Crippen LogP contribution < -0.4 is 11.2 Å². The van der Waals surface area contributed by atoms with Crippen LogP contribution in [0.15, 0.2) is 12.1 Å². The molecule has 0 aromatic heterocycles. The van der Waals surface area contributed by atoms with Crippen LogP contribution in [0.5, 0.6) is 0 Å². The average Bonchev–Trinajstić information content (AvgIpc) is 2.44. The van der Waals surface area contributed by atoms with Crippen molar-refractivity contribution in [2.24, 2.45) is 0 Å². The molecule has 0 spiro atoms. The van der Waals surface area contributed by atoms with Crippen molar-refractivity contribution in [3.63, 3.8) is 0 Å². The third kappa shape index (κ3) is 3.83. The number of nitrogens with two attached hydrogens (primary N) is 1. The van der Waals surface area contributed by atoms with Crippen LogP contribution >= 0.6 is 0 Å². The zero-order valence-electron chi connectivity index (χ0n) is 12.4. The van der Waals surface area contributed by atoms with Crippen LogP contribution in [0.3, 0.4) is 0 Å². The Hall–Kier alpha value is -1.86. The second-order valence-corrected chi connectivity index (χ2v) is 5.04. The first-order chi connectivity index (χ1) is 10.0. The molecule has 7 heteroatoms. The van der Waals surface area contributed by atoms with Crippen LogP contribution in [0.2, 0.25) is 0 Å². The van der Waals surface area contributed by atoms with Gasteiger partial charge in [0.25, 0.3) is 0 Å². The number of nitrogens with one attached hydrogen (secondary N) is 1. The number of hydrogen-bond acceptors (Lipinski definition) is 6. The van der Waals surface area contributed by atoms with Crippen molar-refractivity contribution in [2.75, 3.05) is 51.0 Å². The monoisotopic (exact) mass is 296 g/mol. The maximum atomic E-state index is 14.0. The van der Waals surface area contributed by atoms with Crippen molar-refractivity contribution in [2.45, 2.75) is 6.92 Å². The summed E-state index contributed by atoms with van der Waals surface area (Å²) in [5.74, 6) is -1.03. The highest BCUT2D eigenvalue weighted by molar-refractivity contribution is 5.96. The first-order valence-electron chi connectivity index (χ1n) is 6.97. The van der Waals surface area contributed by atoms with E-state index >= 15 is 0 Å². The smallest absolute Gasteiger partial charge is 0.340 e. The highest BCUT2D eigenvalue weighted by Crippen LogP contribution is 2.23. The van der Waals surface area contributed by atoms with E-state index in [4.69, 9.17) is 10.5 Å². The Kier molecular flexibility index (Phi) is 4.98. The maximum absolute atomic E-state index is 14.0. The number of rotatable bonds is 4. The topological polar surface area (TPSA) is 70.8 Å². The van der Waals surface area contributed by atoms with Gasteiger partial charge in [-0.3, -0.25) is 0 Å². The summed E-state index contributed by atoms with van der Waals surface area (Å²) in [7, 11) is 2.04. The third-order valence-corrected chi connectivity index (χ3v) is 3.42. The molecule has 2 rings (SSSR count). The number of carbonyl (C=O) groups is 1. The number of ether oxygens (including phenoxy) is 1. The zero-order valence-corrected chi connectivity index (χ0v) is 12.4. The fourth-order valence-electron chi connectivity index (χ4n) is 2.15. The molecule has 1 aliphatic rings. The molecule has 0 atom stereocenters. The predicted octanol–water partition coefficient (Wildman–Crippen LogP) is 1.16. The summed E-state index contributed by atoms with van der Waals surface area (Å²) in [4.78, 5) is 14.0. The van der Waals surface area contributed by atoms with Gasteiger partial charge in [0.15, 0.2) is 0 Å². The molecule has 0 radical (unpaired) electrons. The Morgan fingerprint density at radius 3 is 2.67 bits per heavy atom. The molecule has 1 fully saturated rings. The van der Waals surface area contributed by atoms with Gasteiger partial charge in [0.1, 0.15) is 5.82 Å². The van der Waals surface area contributed by atoms with Gasteiger partial charge in [-0.25, -0.2) is 14.2 Å². The summed E-state index contributed by atoms with van der Waals surface area (Å²) >= 11 is 0. The minimum Gasteiger partial charge on any atom is -0.462 e. The Balaban J connectivity index is 2.15. The van der Waals surface area contributed by atoms with E-state index in [1.54, 1.807) is 6.92 Å². The number of likely N-dealkylation sites (N-methyl/N-ethyl adjacent to an activating group) is 1. The number of benzene rings is 1. The lowest BCUT2D eigenvalue weighted by Gasteiger charge is -2.33. The van der Waals surface area contributed by atoms with Crippen molar-refractivity contribution in [3.05, 3.63) is 23.5 Å². The molecule has 3 N–H and O–H groups in total. The number of hydrazine groups is 1. The van der Waals surface area contributed by atoms with E-state index in [0.29, 0.717) is 0 Å². The van der Waals surface area contributed by atoms with Gasteiger partial charge in [0.2, 0.25) is 0 Å². The van der Waals surface area contributed by atoms with Gasteiger partial charge >= 0.3 is 5.97 Å². The minimum atomic E-state index is -0.545. The second kappa shape index (κ2) is 6.73. The van der Waals surface area contributed by atoms with Crippen molar-refractivity contribution < 1.29 is 13.9 Å². The van der Waals surface area contributed by atoms with Gasteiger partial charge < -0.3 is 20.8 Å². The van der Waals surface area contributed by atoms with Crippen LogP contribution in [0.1, 0.15) is 17.3 Å². The van der Waals surface area contributed by atoms with E-state index in [1.807, 2.05) is 12.1 Å². The molecular formula is C14H21FN4O2. The van der Waals surface area contributed by atoms with Crippen LogP contribution in [-0.2, 0) is 4.74 Å². The number of esters is 1. The molecule has 21 heavy (non-hydrogen) atoms. The average molecular weight is 296 g/mol. The highest BCUT2D eigenvalue weighted by Gasteiger charge is 2.18. The number of anilines is 2. The summed E-state index contributed by atoms with van der Waals surface area (Å²) in [6.07, 6.45) is 0. The molecule has 116 valence electrons. The molecule has 1 saturated heterocycles. The standard InChI is InChI=1S/C14H21FN4O2/c1-3-21-14(20)10-8-13(11(15)9-12(10)16)17-19-6-4-18(2)5-7-19/h8-9,17H,3-7,16H2,1-2H3. The van der Waals surface area contributed by atoms with Crippen LogP contribution in [-0.4, -0.2) is 55.7 Å². The first-order valence-corrected chi connectivity index (χ1v) is 6.97. The summed E-state index contributed by atoms with van der Waals surface area (Å²) in [6, 6.07) is 2.55. The predicted molar refractivity (Wildman–Crippen MR) is 79.5 cm³/mol. The van der Waals surface area contributed by atoms with Crippen molar-refractivity contribution in [3.8, 4) is 0 Å². The molecule has 1 heterocycles. The van der Waals surface area contributed by atoms with E-state index in [-0.39, 0.29) is 23.5 Å². The molecule has 0 bridgehead atoms. The van der Waals surface area contributed by atoms with E-state index < -0.39 is 11.8 Å². The summed E-state index contributed by atoms with van der Waals surface area (Å²) in [5.41, 5.74) is 9.17. The first kappa shape index (κ1) is 15.5. The molecule has 1 aromatic carbocycles. The zero-order chi connectivity index (χ0) is 15.4. The van der Waals surface area contributed by atoms with Crippen LogP contribution in [0, 0.1) is 5.82 Å². The van der Waals surface area contributed by atoms with Crippen molar-refractivity contribution in [1.29, 1.82) is 0 Å². The molecule has 0 unspecified atom stereocenters. The molecule has 0 amide bonds. The van der Waals surface area contributed by atoms with Crippen LogP contribution in [0.4, 0.5) is 15.8 Å².